The van der Waals surface area contributed by atoms with Gasteiger partial charge < -0.3 is 9.42 Å². The SMILES string of the molecule is Cc1ccc(Cl)cc1N1CCN(Cc2nc(-c3cccs3)no2)CC1. The summed E-state index contributed by atoms with van der Waals surface area (Å²) in [6.45, 7) is 6.68. The maximum atomic E-state index is 6.15. The van der Waals surface area contributed by atoms with Gasteiger partial charge >= 0.3 is 0 Å². The number of nitrogens with zero attached hydrogens (tertiary/aromatic N) is 4. The highest BCUT2D eigenvalue weighted by Gasteiger charge is 2.21. The lowest BCUT2D eigenvalue weighted by molar-refractivity contribution is 0.215. The van der Waals surface area contributed by atoms with Crippen molar-refractivity contribution in [2.45, 2.75) is 13.5 Å². The summed E-state index contributed by atoms with van der Waals surface area (Å²) in [6.07, 6.45) is 0. The second kappa shape index (κ2) is 7.15. The third-order valence-electron chi connectivity index (χ3n) is 4.45. The molecule has 3 aromatic rings. The molecule has 0 unspecified atom stereocenters. The Bertz CT molecular complexity index is 841. The summed E-state index contributed by atoms with van der Waals surface area (Å²) in [4.78, 5) is 10.3. The number of aromatic nitrogens is 2. The Kier molecular flexibility index (Phi) is 4.74. The molecule has 0 amide bonds. The number of benzene rings is 1. The summed E-state index contributed by atoms with van der Waals surface area (Å²) >= 11 is 7.77. The zero-order valence-electron chi connectivity index (χ0n) is 14.0. The van der Waals surface area contributed by atoms with Crippen LogP contribution in [0, 0.1) is 6.92 Å². The molecule has 1 aliphatic rings. The molecule has 0 radical (unpaired) electrons. The van der Waals surface area contributed by atoms with Gasteiger partial charge in [0.2, 0.25) is 11.7 Å². The van der Waals surface area contributed by atoms with Gasteiger partial charge in [0, 0.05) is 36.9 Å². The van der Waals surface area contributed by atoms with E-state index in [-0.39, 0.29) is 0 Å². The first-order valence-electron chi connectivity index (χ1n) is 8.29. The van der Waals surface area contributed by atoms with Crippen LogP contribution in [-0.4, -0.2) is 41.2 Å². The van der Waals surface area contributed by atoms with E-state index in [4.69, 9.17) is 16.1 Å². The lowest BCUT2D eigenvalue weighted by atomic mass is 10.1. The van der Waals surface area contributed by atoms with E-state index in [0.717, 1.165) is 36.1 Å². The summed E-state index contributed by atoms with van der Waals surface area (Å²) in [6, 6.07) is 10.1. The number of anilines is 1. The topological polar surface area (TPSA) is 45.4 Å². The maximum absolute atomic E-state index is 6.15. The summed E-state index contributed by atoms with van der Waals surface area (Å²) in [7, 11) is 0. The van der Waals surface area contributed by atoms with Crippen molar-refractivity contribution in [3.05, 3.63) is 52.2 Å². The van der Waals surface area contributed by atoms with E-state index >= 15 is 0 Å². The Morgan fingerprint density at radius 3 is 2.80 bits per heavy atom. The summed E-state index contributed by atoms with van der Waals surface area (Å²) in [5.41, 5.74) is 2.49. The number of aryl methyl sites for hydroxylation is 1. The van der Waals surface area contributed by atoms with Crippen LogP contribution in [0.5, 0.6) is 0 Å². The lowest BCUT2D eigenvalue weighted by Gasteiger charge is -2.36. The molecule has 3 heterocycles. The fourth-order valence-corrected chi connectivity index (χ4v) is 3.90. The predicted molar refractivity (Wildman–Crippen MR) is 101 cm³/mol. The Morgan fingerprint density at radius 2 is 2.04 bits per heavy atom. The minimum atomic E-state index is 0.677. The monoisotopic (exact) mass is 374 g/mol. The number of thiophene rings is 1. The second-order valence-corrected chi connectivity index (χ2v) is 7.57. The molecule has 1 aromatic carbocycles. The molecule has 1 fully saturated rings. The van der Waals surface area contributed by atoms with Crippen molar-refractivity contribution in [2.75, 3.05) is 31.1 Å². The van der Waals surface area contributed by atoms with Crippen LogP contribution in [0.3, 0.4) is 0 Å². The molecule has 2 aromatic heterocycles. The number of hydrogen-bond donors (Lipinski definition) is 0. The molecule has 0 aliphatic carbocycles. The molecule has 5 nitrogen and oxygen atoms in total. The first-order valence-corrected chi connectivity index (χ1v) is 9.55. The first kappa shape index (κ1) is 16.6. The van der Waals surface area contributed by atoms with Gasteiger partial charge in [-0.05, 0) is 36.1 Å². The Labute approximate surface area is 155 Å². The molecule has 0 saturated carbocycles. The standard InChI is InChI=1S/C18H19ClN4OS/c1-13-4-5-14(19)11-15(13)23-8-6-22(7-9-23)12-17-20-18(21-24-17)16-3-2-10-25-16/h2-5,10-11H,6-9,12H2,1H3. The van der Waals surface area contributed by atoms with Gasteiger partial charge in [-0.3, -0.25) is 4.90 Å². The van der Waals surface area contributed by atoms with Crippen LogP contribution in [-0.2, 0) is 6.54 Å². The number of halogens is 1. The van der Waals surface area contributed by atoms with E-state index in [1.807, 2.05) is 23.6 Å². The van der Waals surface area contributed by atoms with E-state index in [0.29, 0.717) is 18.3 Å². The number of hydrogen-bond acceptors (Lipinski definition) is 6. The average molecular weight is 375 g/mol. The normalized spacial score (nSPS) is 15.7. The van der Waals surface area contributed by atoms with E-state index in [1.165, 1.54) is 11.3 Å². The van der Waals surface area contributed by atoms with Crippen LogP contribution in [0.15, 0.2) is 40.2 Å². The fraction of sp³-hybridized carbons (Fsp3) is 0.333. The third kappa shape index (κ3) is 3.71. The van der Waals surface area contributed by atoms with Gasteiger partial charge in [0.1, 0.15) is 0 Å². The van der Waals surface area contributed by atoms with Gasteiger partial charge in [-0.25, -0.2) is 0 Å². The van der Waals surface area contributed by atoms with Gasteiger partial charge in [0.05, 0.1) is 11.4 Å². The van der Waals surface area contributed by atoms with Gasteiger partial charge in [0.25, 0.3) is 0 Å². The van der Waals surface area contributed by atoms with E-state index in [2.05, 4.69) is 39.0 Å². The van der Waals surface area contributed by atoms with Crippen LogP contribution >= 0.6 is 22.9 Å². The molecular formula is C18H19ClN4OS. The molecule has 0 N–H and O–H groups in total. The van der Waals surface area contributed by atoms with Crippen molar-refractivity contribution in [1.29, 1.82) is 0 Å². The number of piperazine rings is 1. The third-order valence-corrected chi connectivity index (χ3v) is 5.55. The van der Waals surface area contributed by atoms with Crippen LogP contribution < -0.4 is 4.90 Å². The summed E-state index contributed by atoms with van der Waals surface area (Å²) in [5, 5.41) is 6.88. The molecular weight excluding hydrogens is 356 g/mol. The fourth-order valence-electron chi connectivity index (χ4n) is 3.09. The largest absolute Gasteiger partial charge is 0.369 e. The van der Waals surface area contributed by atoms with Gasteiger partial charge in [-0.1, -0.05) is 28.9 Å². The van der Waals surface area contributed by atoms with Gasteiger partial charge in [0.15, 0.2) is 0 Å². The minimum absolute atomic E-state index is 0.677. The minimum Gasteiger partial charge on any atom is -0.369 e. The maximum Gasteiger partial charge on any atom is 0.241 e. The number of rotatable bonds is 4. The Hall–Kier alpha value is -1.89. The second-order valence-electron chi connectivity index (χ2n) is 6.18. The molecule has 7 heteroatoms. The molecule has 0 spiro atoms. The van der Waals surface area contributed by atoms with Crippen LogP contribution in [0.4, 0.5) is 5.69 Å². The molecule has 25 heavy (non-hydrogen) atoms. The van der Waals surface area contributed by atoms with Crippen LogP contribution in [0.25, 0.3) is 10.7 Å². The van der Waals surface area contributed by atoms with Crippen molar-refractivity contribution in [2.24, 2.45) is 0 Å². The van der Waals surface area contributed by atoms with Crippen molar-refractivity contribution >= 4 is 28.6 Å². The molecule has 130 valence electrons. The first-order chi connectivity index (χ1) is 12.2. The van der Waals surface area contributed by atoms with Crippen molar-refractivity contribution < 1.29 is 4.52 Å². The Morgan fingerprint density at radius 1 is 1.20 bits per heavy atom. The summed E-state index contributed by atoms with van der Waals surface area (Å²) in [5.74, 6) is 1.36. The Balaban J connectivity index is 1.37. The van der Waals surface area contributed by atoms with E-state index < -0.39 is 0 Å². The molecule has 0 bridgehead atoms. The van der Waals surface area contributed by atoms with Crippen molar-refractivity contribution in [3.8, 4) is 10.7 Å². The van der Waals surface area contributed by atoms with E-state index in [9.17, 15) is 0 Å². The average Bonchev–Trinajstić information content (AvgIpc) is 3.29. The highest BCUT2D eigenvalue weighted by atomic mass is 35.5. The van der Waals surface area contributed by atoms with Crippen LogP contribution in [0.2, 0.25) is 5.02 Å². The quantitative estimate of drug-likeness (QED) is 0.688. The lowest BCUT2D eigenvalue weighted by Crippen LogP contribution is -2.46. The smallest absolute Gasteiger partial charge is 0.241 e. The zero-order valence-corrected chi connectivity index (χ0v) is 15.6. The van der Waals surface area contributed by atoms with E-state index in [1.54, 1.807) is 11.3 Å². The highest BCUT2D eigenvalue weighted by Crippen LogP contribution is 2.26. The summed E-state index contributed by atoms with van der Waals surface area (Å²) < 4.78 is 5.41. The molecule has 1 aliphatic heterocycles. The van der Waals surface area contributed by atoms with Gasteiger partial charge in [-0.2, -0.15) is 4.98 Å². The zero-order chi connectivity index (χ0) is 17.2. The van der Waals surface area contributed by atoms with Crippen LogP contribution in [0.1, 0.15) is 11.5 Å². The predicted octanol–water partition coefficient (Wildman–Crippen LogP) is 4.08. The molecule has 0 atom stereocenters. The van der Waals surface area contributed by atoms with Crippen molar-refractivity contribution in [3.63, 3.8) is 0 Å². The highest BCUT2D eigenvalue weighted by molar-refractivity contribution is 7.13. The molecule has 4 rings (SSSR count). The van der Waals surface area contributed by atoms with Gasteiger partial charge in [-0.15, -0.1) is 11.3 Å². The van der Waals surface area contributed by atoms with Crippen molar-refractivity contribution in [1.82, 2.24) is 15.0 Å². The molecule has 1 saturated heterocycles.